The molecule has 2 aromatic carbocycles. The summed E-state index contributed by atoms with van der Waals surface area (Å²) in [5.74, 6) is -2.91. The van der Waals surface area contributed by atoms with Gasteiger partial charge in [-0.05, 0) is 73.6 Å². The second-order valence-electron chi connectivity index (χ2n) is 14.4. The summed E-state index contributed by atoms with van der Waals surface area (Å²) in [6, 6.07) is 9.49. The molecular weight excluding hydrogens is 678 g/mol. The lowest BCUT2D eigenvalue weighted by molar-refractivity contribution is -0.140. The summed E-state index contributed by atoms with van der Waals surface area (Å²) in [6.45, 7) is 4.45. The number of nitrogens with two attached hydrogens (primary N) is 1. The summed E-state index contributed by atoms with van der Waals surface area (Å²) in [7, 11) is 0. The van der Waals surface area contributed by atoms with Crippen LogP contribution in [0.2, 0.25) is 0 Å². The van der Waals surface area contributed by atoms with Gasteiger partial charge in [0.05, 0.1) is 18.4 Å². The number of benzene rings is 2. The molecule has 5 rings (SSSR count). The molecule has 0 saturated carbocycles. The number of nitrogens with zero attached hydrogens (tertiary/aromatic N) is 4. The van der Waals surface area contributed by atoms with E-state index in [1.54, 1.807) is 10.9 Å². The van der Waals surface area contributed by atoms with Crippen molar-refractivity contribution in [3.8, 4) is 0 Å². The van der Waals surface area contributed by atoms with E-state index in [-0.39, 0.29) is 43.5 Å². The lowest BCUT2D eigenvalue weighted by Gasteiger charge is -2.28. The minimum atomic E-state index is -1.12. The molecule has 0 radical (unpaired) electrons. The van der Waals surface area contributed by atoms with Gasteiger partial charge in [-0.1, -0.05) is 61.5 Å². The molecule has 1 saturated heterocycles. The van der Waals surface area contributed by atoms with Crippen molar-refractivity contribution in [2.45, 2.75) is 109 Å². The maximum atomic E-state index is 14.3. The lowest BCUT2D eigenvalue weighted by Crippen LogP contribution is -2.58. The first kappa shape index (κ1) is 38.9. The van der Waals surface area contributed by atoms with Crippen LogP contribution in [0.25, 0.3) is 10.8 Å². The summed E-state index contributed by atoms with van der Waals surface area (Å²) in [5.41, 5.74) is 7.29. The zero-order valence-electron chi connectivity index (χ0n) is 30.5. The molecule has 1 fully saturated rings. The Labute approximate surface area is 309 Å². The highest BCUT2D eigenvalue weighted by Gasteiger charge is 2.37. The molecule has 15 nitrogen and oxygen atoms in total. The summed E-state index contributed by atoms with van der Waals surface area (Å²) in [4.78, 5) is 81.7. The van der Waals surface area contributed by atoms with Gasteiger partial charge >= 0.3 is 0 Å². The largest absolute Gasteiger partial charge is 0.368 e. The van der Waals surface area contributed by atoms with E-state index in [4.69, 9.17) is 5.73 Å². The summed E-state index contributed by atoms with van der Waals surface area (Å²) >= 11 is 0. The number of aromatic nitrogens is 3. The van der Waals surface area contributed by atoms with Gasteiger partial charge in [0.2, 0.25) is 35.4 Å². The van der Waals surface area contributed by atoms with E-state index >= 15 is 0 Å². The maximum absolute atomic E-state index is 14.3. The first-order valence-corrected chi connectivity index (χ1v) is 18.6. The predicted octanol–water partition coefficient (Wildman–Crippen LogP) is 1.27. The molecule has 0 aliphatic carbocycles. The van der Waals surface area contributed by atoms with Crippen LogP contribution >= 0.6 is 0 Å². The van der Waals surface area contributed by atoms with Crippen molar-refractivity contribution in [1.29, 1.82) is 0 Å². The summed E-state index contributed by atoms with van der Waals surface area (Å²) in [5, 5.41) is 21.3. The van der Waals surface area contributed by atoms with E-state index in [1.165, 1.54) is 4.90 Å². The summed E-state index contributed by atoms with van der Waals surface area (Å²) < 4.78 is 1.76. The highest BCUT2D eigenvalue weighted by molar-refractivity contribution is 5.96. The van der Waals surface area contributed by atoms with Gasteiger partial charge in [0, 0.05) is 25.9 Å². The number of amides is 6. The molecule has 1 aromatic heterocycles. The third-order valence-corrected chi connectivity index (χ3v) is 9.90. The molecule has 6 N–H and O–H groups in total. The molecule has 3 heterocycles. The molecular formula is C38H51N9O6. The third kappa shape index (κ3) is 10.6. The minimum absolute atomic E-state index is 0.0643. The van der Waals surface area contributed by atoms with Gasteiger partial charge in [0.1, 0.15) is 24.2 Å². The fourth-order valence-corrected chi connectivity index (χ4v) is 7.10. The maximum Gasteiger partial charge on any atom is 0.243 e. The van der Waals surface area contributed by atoms with Gasteiger partial charge in [-0.3, -0.25) is 28.8 Å². The molecule has 0 bridgehead atoms. The zero-order chi connectivity index (χ0) is 37.9. The van der Waals surface area contributed by atoms with Gasteiger partial charge in [0.25, 0.3) is 0 Å². The van der Waals surface area contributed by atoms with Gasteiger partial charge in [0.15, 0.2) is 0 Å². The Kier molecular flexibility index (Phi) is 13.5. The van der Waals surface area contributed by atoms with E-state index in [1.807, 2.05) is 56.3 Å². The van der Waals surface area contributed by atoms with E-state index in [0.29, 0.717) is 58.0 Å². The third-order valence-electron chi connectivity index (χ3n) is 9.90. The van der Waals surface area contributed by atoms with Gasteiger partial charge < -0.3 is 31.9 Å². The number of hydrogen-bond donors (Lipinski definition) is 5. The average Bonchev–Trinajstić information content (AvgIpc) is 3.81. The van der Waals surface area contributed by atoms with Crippen LogP contribution in [0.5, 0.6) is 0 Å². The average molecular weight is 730 g/mol. The van der Waals surface area contributed by atoms with Crippen LogP contribution < -0.4 is 27.0 Å². The van der Waals surface area contributed by atoms with Crippen LogP contribution in [0.3, 0.4) is 0 Å². The first-order chi connectivity index (χ1) is 25.5. The predicted molar refractivity (Wildman–Crippen MR) is 197 cm³/mol. The second kappa shape index (κ2) is 18.4. The number of carbonyl (C=O) groups excluding carboxylic acids is 6. The highest BCUT2D eigenvalue weighted by Crippen LogP contribution is 2.22. The Morgan fingerprint density at radius 3 is 2.51 bits per heavy atom. The van der Waals surface area contributed by atoms with E-state index in [0.717, 1.165) is 22.0 Å². The zero-order valence-corrected chi connectivity index (χ0v) is 30.5. The number of hydrogen-bond acceptors (Lipinski definition) is 8. The monoisotopic (exact) mass is 729 g/mol. The number of aryl methyl sites for hydroxylation is 2. The number of fused-ring (bicyclic) bond motifs is 3. The van der Waals surface area contributed by atoms with Crippen LogP contribution in [0, 0.1) is 5.92 Å². The minimum Gasteiger partial charge on any atom is -0.368 e. The second-order valence-corrected chi connectivity index (χ2v) is 14.4. The topological polar surface area (TPSA) is 211 Å². The number of primary amides is 1. The normalized spacial score (nSPS) is 21.8. The highest BCUT2D eigenvalue weighted by atomic mass is 16.2. The fraction of sp³-hybridized carbons (Fsp3) is 0.526. The molecule has 53 heavy (non-hydrogen) atoms. The van der Waals surface area contributed by atoms with Gasteiger partial charge in [-0.25, -0.2) is 4.68 Å². The lowest BCUT2D eigenvalue weighted by atomic mass is 9.97. The Balaban J connectivity index is 1.46. The molecule has 4 atom stereocenters. The number of rotatable bonds is 7. The van der Waals surface area contributed by atoms with Crippen molar-refractivity contribution < 1.29 is 28.8 Å². The smallest absolute Gasteiger partial charge is 0.243 e. The van der Waals surface area contributed by atoms with Crippen molar-refractivity contribution in [3.05, 3.63) is 59.9 Å². The molecule has 2 aliphatic rings. The Morgan fingerprint density at radius 1 is 0.925 bits per heavy atom. The number of nitrogens with one attached hydrogen (secondary N) is 4. The van der Waals surface area contributed by atoms with Crippen molar-refractivity contribution >= 4 is 46.2 Å². The van der Waals surface area contributed by atoms with Gasteiger partial charge in [-0.15, -0.1) is 5.10 Å². The van der Waals surface area contributed by atoms with Crippen LogP contribution in [0.4, 0.5) is 0 Å². The molecule has 15 heteroatoms. The first-order valence-electron chi connectivity index (χ1n) is 18.6. The standard InChI is InChI=1S/C38H51N9O6/c1-24(2)20-30(35(39)50)43-36(51)29-15-8-13-27-22-41-45-47(27)19-6-5-17-33(48)40-23-34(49)46-18-9-16-32(46)38(53)44-31(37(52)42-29)21-26-12-7-11-25-10-3-4-14-28(25)26/h3-4,7,10-12,14,22,24,29-32H,5-6,8-9,13,15-21,23H2,1-2H3,(H2,39,50)(H,40,48)(H,42,52)(H,43,51)(H,44,53)/t29-,30+,31+,32+/m1/s1. The molecule has 2 aliphatic heterocycles. The van der Waals surface area contributed by atoms with E-state index < -0.39 is 47.8 Å². The molecule has 0 spiro atoms. The Bertz CT molecular complexity index is 1790. The molecule has 0 unspecified atom stereocenters. The van der Waals surface area contributed by atoms with Crippen LogP contribution in [0.15, 0.2) is 48.7 Å². The Hall–Kier alpha value is -5.34. The molecule has 6 amide bonds. The van der Waals surface area contributed by atoms with Crippen molar-refractivity contribution in [2.75, 3.05) is 13.1 Å². The van der Waals surface area contributed by atoms with E-state index in [2.05, 4.69) is 31.6 Å². The van der Waals surface area contributed by atoms with E-state index in [9.17, 15) is 28.8 Å². The molecule has 284 valence electrons. The summed E-state index contributed by atoms with van der Waals surface area (Å²) in [6.07, 6.45) is 5.65. The van der Waals surface area contributed by atoms with Crippen LogP contribution in [0.1, 0.15) is 76.5 Å². The van der Waals surface area contributed by atoms with Gasteiger partial charge in [-0.2, -0.15) is 0 Å². The van der Waals surface area contributed by atoms with Crippen LogP contribution in [-0.4, -0.2) is 92.6 Å². The number of carbonyl (C=O) groups is 6. The van der Waals surface area contributed by atoms with Crippen molar-refractivity contribution in [1.82, 2.24) is 41.2 Å². The van der Waals surface area contributed by atoms with Crippen LogP contribution in [-0.2, 0) is 48.2 Å². The SMILES string of the molecule is CC(C)C[C@H](NC(=O)[C@H]1CCCc2cnnn2CCCCC(=O)NCC(=O)N2CCC[C@H]2C(=O)N[C@@H](Cc2cccc3ccccc23)C(=O)N1)C(N)=O. The fourth-order valence-electron chi connectivity index (χ4n) is 7.10. The van der Waals surface area contributed by atoms with Crippen molar-refractivity contribution in [3.63, 3.8) is 0 Å². The van der Waals surface area contributed by atoms with Crippen molar-refractivity contribution in [2.24, 2.45) is 11.7 Å². The quantitative estimate of drug-likeness (QED) is 0.239. The Morgan fingerprint density at radius 2 is 1.72 bits per heavy atom. The molecule has 3 aromatic rings.